The summed E-state index contributed by atoms with van der Waals surface area (Å²) in [6.07, 6.45) is -4.42. The highest BCUT2D eigenvalue weighted by molar-refractivity contribution is 9.10. The van der Waals surface area contributed by atoms with Crippen LogP contribution >= 0.6 is 27.5 Å². The number of nitrogens with one attached hydrogen (secondary N) is 1. The Bertz CT molecular complexity index is 644. The molecule has 0 saturated heterocycles. The van der Waals surface area contributed by atoms with Crippen molar-refractivity contribution in [3.63, 3.8) is 0 Å². The molecular formula is C13H9BrClF3N2. The summed E-state index contributed by atoms with van der Waals surface area (Å²) < 4.78 is 38.4. The van der Waals surface area contributed by atoms with Gasteiger partial charge in [0.2, 0.25) is 0 Å². The monoisotopic (exact) mass is 364 g/mol. The van der Waals surface area contributed by atoms with Crippen molar-refractivity contribution in [1.82, 2.24) is 0 Å². The summed E-state index contributed by atoms with van der Waals surface area (Å²) in [5, 5.41) is 2.88. The highest BCUT2D eigenvalue weighted by atomic mass is 79.9. The molecule has 20 heavy (non-hydrogen) atoms. The summed E-state index contributed by atoms with van der Waals surface area (Å²) in [5.74, 6) is 0. The van der Waals surface area contributed by atoms with Gasteiger partial charge in [0.15, 0.2) is 0 Å². The van der Waals surface area contributed by atoms with Crippen LogP contribution in [0.15, 0.2) is 40.9 Å². The van der Waals surface area contributed by atoms with E-state index in [0.29, 0.717) is 17.1 Å². The van der Waals surface area contributed by atoms with Gasteiger partial charge in [-0.25, -0.2) is 0 Å². The van der Waals surface area contributed by atoms with Gasteiger partial charge >= 0.3 is 6.18 Å². The van der Waals surface area contributed by atoms with Gasteiger partial charge in [0, 0.05) is 4.47 Å². The molecule has 2 rings (SSSR count). The molecule has 0 spiro atoms. The first-order chi connectivity index (χ1) is 9.27. The number of alkyl halides is 3. The molecule has 0 fully saturated rings. The van der Waals surface area contributed by atoms with Crippen LogP contribution in [-0.4, -0.2) is 0 Å². The number of nitrogens with two attached hydrogens (primary N) is 1. The molecule has 0 aliphatic heterocycles. The maximum Gasteiger partial charge on any atom is 0.416 e. The van der Waals surface area contributed by atoms with Crippen LogP contribution in [0.1, 0.15) is 5.56 Å². The van der Waals surface area contributed by atoms with Gasteiger partial charge < -0.3 is 11.1 Å². The molecule has 0 heterocycles. The molecule has 3 N–H and O–H groups in total. The Morgan fingerprint density at radius 1 is 1.05 bits per heavy atom. The van der Waals surface area contributed by atoms with Gasteiger partial charge in [-0.2, -0.15) is 13.2 Å². The predicted octanol–water partition coefficient (Wildman–Crippen LogP) is 5.45. The largest absolute Gasteiger partial charge is 0.416 e. The standard InChI is InChI=1S/C13H9BrClF3N2/c14-8-2-3-10(19)12(6-8)20-11-4-1-7(5-9(11)15)13(16,17)18/h1-6,20H,19H2. The third-order valence-corrected chi connectivity index (χ3v) is 3.39. The van der Waals surface area contributed by atoms with Crippen molar-refractivity contribution in [2.24, 2.45) is 0 Å². The van der Waals surface area contributed by atoms with Gasteiger partial charge in [0.25, 0.3) is 0 Å². The minimum absolute atomic E-state index is 0.0285. The summed E-state index contributed by atoms with van der Waals surface area (Å²) >= 11 is 9.15. The second-order valence-electron chi connectivity index (χ2n) is 4.05. The fourth-order valence-electron chi connectivity index (χ4n) is 1.57. The van der Waals surface area contributed by atoms with Gasteiger partial charge in [0.05, 0.1) is 27.6 Å². The number of hydrogen-bond donors (Lipinski definition) is 2. The molecule has 2 aromatic carbocycles. The summed E-state index contributed by atoms with van der Waals surface area (Å²) in [6.45, 7) is 0. The van der Waals surface area contributed by atoms with Crippen LogP contribution in [0.3, 0.4) is 0 Å². The van der Waals surface area contributed by atoms with Crippen LogP contribution in [0.25, 0.3) is 0 Å². The van der Waals surface area contributed by atoms with Gasteiger partial charge in [-0.05, 0) is 36.4 Å². The molecule has 0 aliphatic rings. The molecule has 0 amide bonds. The van der Waals surface area contributed by atoms with E-state index in [1.54, 1.807) is 18.2 Å². The fraction of sp³-hybridized carbons (Fsp3) is 0.0769. The highest BCUT2D eigenvalue weighted by Gasteiger charge is 2.30. The Morgan fingerprint density at radius 2 is 1.75 bits per heavy atom. The van der Waals surface area contributed by atoms with Crippen molar-refractivity contribution < 1.29 is 13.2 Å². The van der Waals surface area contributed by atoms with Crippen LogP contribution in [-0.2, 0) is 6.18 Å². The molecule has 106 valence electrons. The minimum Gasteiger partial charge on any atom is -0.397 e. The molecule has 0 unspecified atom stereocenters. The highest BCUT2D eigenvalue weighted by Crippen LogP contribution is 2.35. The second-order valence-corrected chi connectivity index (χ2v) is 5.37. The van der Waals surface area contributed by atoms with Crippen LogP contribution in [0.5, 0.6) is 0 Å². The third kappa shape index (κ3) is 3.37. The Kier molecular flexibility index (Phi) is 4.15. The van der Waals surface area contributed by atoms with Crippen LogP contribution in [0.2, 0.25) is 5.02 Å². The fourth-order valence-corrected chi connectivity index (χ4v) is 2.16. The smallest absolute Gasteiger partial charge is 0.397 e. The lowest BCUT2D eigenvalue weighted by Crippen LogP contribution is -2.05. The minimum atomic E-state index is -4.42. The zero-order valence-electron chi connectivity index (χ0n) is 9.93. The van der Waals surface area contributed by atoms with Crippen molar-refractivity contribution in [1.29, 1.82) is 0 Å². The normalized spacial score (nSPS) is 11.4. The zero-order chi connectivity index (χ0) is 14.9. The first kappa shape index (κ1) is 15.0. The topological polar surface area (TPSA) is 38.0 Å². The van der Waals surface area contributed by atoms with Gasteiger partial charge in [-0.15, -0.1) is 0 Å². The summed E-state index contributed by atoms with van der Waals surface area (Å²) in [7, 11) is 0. The predicted molar refractivity (Wildman–Crippen MR) is 78.3 cm³/mol. The number of anilines is 3. The molecule has 7 heteroatoms. The lowest BCUT2D eigenvalue weighted by atomic mass is 10.2. The molecule has 2 nitrogen and oxygen atoms in total. The number of benzene rings is 2. The molecule has 2 aromatic rings. The van der Waals surface area contributed by atoms with Crippen molar-refractivity contribution in [2.75, 3.05) is 11.1 Å². The summed E-state index contributed by atoms with van der Waals surface area (Å²) in [4.78, 5) is 0. The zero-order valence-corrected chi connectivity index (χ0v) is 12.3. The van der Waals surface area contributed by atoms with E-state index in [2.05, 4.69) is 21.2 Å². The molecule has 0 radical (unpaired) electrons. The van der Waals surface area contributed by atoms with E-state index in [1.165, 1.54) is 6.07 Å². The quantitative estimate of drug-likeness (QED) is 0.695. The molecule has 0 atom stereocenters. The van der Waals surface area contributed by atoms with Gasteiger partial charge in [-0.3, -0.25) is 0 Å². The first-order valence-electron chi connectivity index (χ1n) is 5.46. The second kappa shape index (κ2) is 5.54. The Balaban J connectivity index is 2.33. The maximum atomic E-state index is 12.5. The Morgan fingerprint density at radius 3 is 2.35 bits per heavy atom. The van der Waals surface area contributed by atoms with E-state index < -0.39 is 11.7 Å². The SMILES string of the molecule is Nc1ccc(Br)cc1Nc1ccc(C(F)(F)F)cc1Cl. The molecular weight excluding hydrogens is 357 g/mol. The van der Waals surface area contributed by atoms with Crippen molar-refractivity contribution in [2.45, 2.75) is 6.18 Å². The number of hydrogen-bond acceptors (Lipinski definition) is 2. The van der Waals surface area contributed by atoms with E-state index in [4.69, 9.17) is 17.3 Å². The van der Waals surface area contributed by atoms with Crippen LogP contribution in [0.4, 0.5) is 30.2 Å². The average Bonchev–Trinajstić information content (AvgIpc) is 2.35. The van der Waals surface area contributed by atoms with Crippen LogP contribution < -0.4 is 11.1 Å². The summed E-state index contributed by atoms with van der Waals surface area (Å²) in [6, 6.07) is 8.24. The Labute approximate surface area is 126 Å². The van der Waals surface area contributed by atoms with E-state index in [-0.39, 0.29) is 5.02 Å². The average molecular weight is 366 g/mol. The molecule has 0 bridgehead atoms. The lowest BCUT2D eigenvalue weighted by Gasteiger charge is -2.13. The lowest BCUT2D eigenvalue weighted by molar-refractivity contribution is -0.137. The Hall–Kier alpha value is -1.40. The third-order valence-electron chi connectivity index (χ3n) is 2.58. The molecule has 0 aromatic heterocycles. The van der Waals surface area contributed by atoms with Crippen molar-refractivity contribution in [3.8, 4) is 0 Å². The van der Waals surface area contributed by atoms with E-state index in [0.717, 1.165) is 16.6 Å². The number of rotatable bonds is 2. The van der Waals surface area contributed by atoms with Gasteiger partial charge in [0.1, 0.15) is 0 Å². The molecule has 0 aliphatic carbocycles. The van der Waals surface area contributed by atoms with E-state index in [9.17, 15) is 13.2 Å². The van der Waals surface area contributed by atoms with Crippen molar-refractivity contribution >= 4 is 44.6 Å². The van der Waals surface area contributed by atoms with Crippen LogP contribution in [0, 0.1) is 0 Å². The van der Waals surface area contributed by atoms with Crippen molar-refractivity contribution in [3.05, 3.63) is 51.5 Å². The maximum absolute atomic E-state index is 12.5. The molecule has 0 saturated carbocycles. The number of nitrogen functional groups attached to an aromatic ring is 1. The summed E-state index contributed by atoms with van der Waals surface area (Å²) in [5.41, 5.74) is 6.35. The van der Waals surface area contributed by atoms with E-state index in [1.807, 2.05) is 0 Å². The number of halogens is 5. The first-order valence-corrected chi connectivity index (χ1v) is 6.63. The van der Waals surface area contributed by atoms with Gasteiger partial charge in [-0.1, -0.05) is 27.5 Å². The van der Waals surface area contributed by atoms with E-state index >= 15 is 0 Å².